The lowest BCUT2D eigenvalue weighted by Gasteiger charge is -2.48. The molecule has 0 unspecified atom stereocenters. The van der Waals surface area contributed by atoms with E-state index in [0.29, 0.717) is 25.7 Å². The monoisotopic (exact) mass is 520 g/mol. The summed E-state index contributed by atoms with van der Waals surface area (Å²) in [6.45, 7) is 15.3. The van der Waals surface area contributed by atoms with E-state index in [-0.39, 0.29) is 18.3 Å². The van der Waals surface area contributed by atoms with Crippen LogP contribution in [0.2, 0.25) is 0 Å². The molecule has 37 heavy (non-hydrogen) atoms. The summed E-state index contributed by atoms with van der Waals surface area (Å²) in [6.07, 6.45) is -0.00949. The number of ether oxygens (including phenoxy) is 4. The average molecular weight is 521 g/mol. The zero-order chi connectivity index (χ0) is 27.7. The molecule has 1 N–H and O–H groups in total. The minimum absolute atomic E-state index is 0.185. The van der Waals surface area contributed by atoms with Crippen molar-refractivity contribution < 1.29 is 43.2 Å². The van der Waals surface area contributed by atoms with Crippen LogP contribution in [0.4, 0.5) is 0 Å². The quantitative estimate of drug-likeness (QED) is 0.338. The van der Waals surface area contributed by atoms with Crippen molar-refractivity contribution in [3.8, 4) is 0 Å². The van der Waals surface area contributed by atoms with E-state index < -0.39 is 70.1 Å². The van der Waals surface area contributed by atoms with E-state index in [1.807, 2.05) is 20.8 Å². The Labute approximate surface area is 218 Å². The predicted molar refractivity (Wildman–Crippen MR) is 131 cm³/mol. The molecule has 0 saturated heterocycles. The van der Waals surface area contributed by atoms with Gasteiger partial charge in [-0.1, -0.05) is 26.0 Å². The van der Waals surface area contributed by atoms with Crippen LogP contribution in [-0.4, -0.2) is 58.5 Å². The predicted octanol–water partition coefficient (Wildman–Crippen LogP) is 3.26. The van der Waals surface area contributed by atoms with E-state index in [0.717, 1.165) is 5.57 Å². The van der Waals surface area contributed by atoms with Gasteiger partial charge >= 0.3 is 23.9 Å². The third-order valence-corrected chi connectivity index (χ3v) is 9.91. The number of fused-ring (bicyclic) bond motifs is 2. The fraction of sp³-hybridized carbons (Fsp3) is 0.786. The summed E-state index contributed by atoms with van der Waals surface area (Å²) >= 11 is 0. The summed E-state index contributed by atoms with van der Waals surface area (Å²) in [6, 6.07) is 0. The van der Waals surface area contributed by atoms with E-state index in [1.165, 1.54) is 27.7 Å². The molecular formula is C28H40O9. The highest BCUT2D eigenvalue weighted by atomic mass is 16.6. The lowest BCUT2D eigenvalue weighted by molar-refractivity contribution is -0.204. The molecule has 0 aliphatic heterocycles. The van der Waals surface area contributed by atoms with Gasteiger partial charge < -0.3 is 24.1 Å². The first-order valence-corrected chi connectivity index (χ1v) is 13.1. The molecule has 0 radical (unpaired) electrons. The fourth-order valence-corrected chi connectivity index (χ4v) is 8.66. The Balaban J connectivity index is 1.90. The minimum Gasteiger partial charge on any atom is -0.462 e. The van der Waals surface area contributed by atoms with Crippen molar-refractivity contribution in [2.45, 2.75) is 110 Å². The number of esters is 4. The van der Waals surface area contributed by atoms with Crippen LogP contribution in [-0.2, 0) is 38.1 Å². The van der Waals surface area contributed by atoms with E-state index in [9.17, 15) is 24.3 Å². The molecule has 4 aliphatic rings. The van der Waals surface area contributed by atoms with Gasteiger partial charge in [-0.25, -0.2) is 0 Å². The smallest absolute Gasteiger partial charge is 0.303 e. The van der Waals surface area contributed by atoms with Gasteiger partial charge in [-0.05, 0) is 44.9 Å². The van der Waals surface area contributed by atoms with E-state index in [1.54, 1.807) is 0 Å². The van der Waals surface area contributed by atoms with Crippen molar-refractivity contribution in [2.24, 2.45) is 28.6 Å². The van der Waals surface area contributed by atoms with Crippen LogP contribution in [0.1, 0.15) is 80.6 Å². The number of aliphatic hydroxyl groups is 1. The van der Waals surface area contributed by atoms with Crippen LogP contribution in [0.5, 0.6) is 0 Å². The normalized spacial score (nSPS) is 43.6. The number of hydrogen-bond acceptors (Lipinski definition) is 9. The summed E-state index contributed by atoms with van der Waals surface area (Å²) in [4.78, 5) is 48.8. The Bertz CT molecular complexity index is 1030. The van der Waals surface area contributed by atoms with Gasteiger partial charge in [-0.15, -0.1) is 0 Å². The van der Waals surface area contributed by atoms with Crippen molar-refractivity contribution in [1.82, 2.24) is 0 Å². The molecule has 0 amide bonds. The second-order valence-electron chi connectivity index (χ2n) is 12.4. The Morgan fingerprint density at radius 2 is 1.41 bits per heavy atom. The zero-order valence-corrected chi connectivity index (χ0v) is 22.9. The summed E-state index contributed by atoms with van der Waals surface area (Å²) < 4.78 is 23.5. The maximum absolute atomic E-state index is 12.6. The summed E-state index contributed by atoms with van der Waals surface area (Å²) in [5.41, 5.74) is -3.49. The lowest BCUT2D eigenvalue weighted by Crippen LogP contribution is -2.58. The van der Waals surface area contributed by atoms with E-state index >= 15 is 0 Å². The summed E-state index contributed by atoms with van der Waals surface area (Å²) in [7, 11) is 0. The molecule has 1 spiro atoms. The van der Waals surface area contributed by atoms with Crippen molar-refractivity contribution >= 4 is 23.9 Å². The number of hydrogen-bond donors (Lipinski definition) is 1. The molecule has 2 bridgehead atoms. The topological polar surface area (TPSA) is 125 Å². The number of carbonyl (C=O) groups excluding carboxylic acids is 4. The van der Waals surface area contributed by atoms with Crippen molar-refractivity contribution in [3.05, 3.63) is 12.2 Å². The molecule has 0 heterocycles. The summed E-state index contributed by atoms with van der Waals surface area (Å²) in [5.74, 6) is -2.86. The first kappa shape index (κ1) is 27.6. The first-order chi connectivity index (χ1) is 17.0. The van der Waals surface area contributed by atoms with Gasteiger partial charge in [0.1, 0.15) is 29.5 Å². The highest BCUT2D eigenvalue weighted by Crippen LogP contribution is 2.70. The van der Waals surface area contributed by atoms with Crippen LogP contribution in [0, 0.1) is 28.6 Å². The van der Waals surface area contributed by atoms with Crippen LogP contribution < -0.4 is 0 Å². The van der Waals surface area contributed by atoms with Crippen LogP contribution in [0.15, 0.2) is 12.2 Å². The van der Waals surface area contributed by atoms with Crippen molar-refractivity contribution in [2.75, 3.05) is 0 Å². The highest BCUT2D eigenvalue weighted by Gasteiger charge is 2.75. The minimum atomic E-state index is -1.60. The largest absolute Gasteiger partial charge is 0.462 e. The van der Waals surface area contributed by atoms with Gasteiger partial charge in [0, 0.05) is 50.4 Å². The Hall–Kier alpha value is -2.42. The molecule has 4 fully saturated rings. The second kappa shape index (κ2) is 8.82. The van der Waals surface area contributed by atoms with Gasteiger partial charge in [-0.3, -0.25) is 19.2 Å². The maximum Gasteiger partial charge on any atom is 0.303 e. The molecule has 4 rings (SSSR count). The van der Waals surface area contributed by atoms with E-state index in [2.05, 4.69) is 6.58 Å². The molecule has 0 aromatic rings. The Morgan fingerprint density at radius 1 is 0.838 bits per heavy atom. The number of rotatable bonds is 4. The molecule has 9 heteroatoms. The van der Waals surface area contributed by atoms with Gasteiger partial charge in [0.25, 0.3) is 0 Å². The highest BCUT2D eigenvalue weighted by molar-refractivity contribution is 5.68. The third-order valence-electron chi connectivity index (χ3n) is 9.91. The maximum atomic E-state index is 12.6. The van der Waals surface area contributed by atoms with Gasteiger partial charge in [-0.2, -0.15) is 0 Å². The van der Waals surface area contributed by atoms with Crippen molar-refractivity contribution in [3.63, 3.8) is 0 Å². The Kier molecular flexibility index (Phi) is 6.58. The molecular weight excluding hydrogens is 480 g/mol. The third kappa shape index (κ3) is 3.99. The fourth-order valence-electron chi connectivity index (χ4n) is 8.66. The van der Waals surface area contributed by atoms with E-state index in [4.69, 9.17) is 18.9 Å². The van der Waals surface area contributed by atoms with Gasteiger partial charge in [0.05, 0.1) is 0 Å². The molecule has 0 aromatic heterocycles. The Morgan fingerprint density at radius 3 is 1.95 bits per heavy atom. The van der Waals surface area contributed by atoms with Gasteiger partial charge in [0.15, 0.2) is 0 Å². The van der Waals surface area contributed by atoms with Crippen LogP contribution in [0.3, 0.4) is 0 Å². The summed E-state index contributed by atoms with van der Waals surface area (Å²) in [5, 5.41) is 12.6. The second-order valence-corrected chi connectivity index (χ2v) is 12.4. The standard InChI is InChI=1S/C28H40O9/c1-14-19-9-10-20-24(36-17(4)31)27(19,13-26(20,8)37-18(5)32)12-23(35-16(3)30)28(33)21(14)11-22(25(28,6)7)34-15(2)29/h19-24,33H,1,9-13H2,2-8H3/t19-,20-,21-,22-,23+,24-,26+,27+,28-/m0/s1. The van der Waals surface area contributed by atoms with Crippen LogP contribution >= 0.6 is 0 Å². The molecule has 206 valence electrons. The van der Waals surface area contributed by atoms with Crippen molar-refractivity contribution in [1.29, 1.82) is 0 Å². The van der Waals surface area contributed by atoms with Gasteiger partial charge in [0.2, 0.25) is 0 Å². The molecule has 0 aromatic carbocycles. The first-order valence-electron chi connectivity index (χ1n) is 13.1. The average Bonchev–Trinajstić information content (AvgIpc) is 2.96. The molecule has 4 aliphatic carbocycles. The molecule has 9 nitrogen and oxygen atoms in total. The zero-order valence-electron chi connectivity index (χ0n) is 22.9. The molecule has 4 saturated carbocycles. The SMILES string of the molecule is C=C1[C@@H]2CC[C@H]3[C@H](OC(C)=O)[C@]2(C[C@@H](OC(C)=O)[C@@]2(O)[C@H]1C[C@H](OC(C)=O)C2(C)C)C[C@@]3(C)OC(C)=O. The number of carbonyl (C=O) groups is 4. The lowest BCUT2D eigenvalue weighted by atomic mass is 9.61. The van der Waals surface area contributed by atoms with Crippen LogP contribution in [0.25, 0.3) is 0 Å². The molecule has 9 atom stereocenters.